The molecule has 4 heteroatoms. The molecule has 6 aromatic rings. The Kier molecular flexibility index (Phi) is 8.41. The minimum Gasteiger partial charge on any atom is -0.440 e. The Morgan fingerprint density at radius 2 is 0.918 bits per heavy atom. The minimum atomic E-state index is -0.0176. The van der Waals surface area contributed by atoms with Crippen LogP contribution >= 0.6 is 0 Å². The number of aryl methyl sites for hydroxylation is 1. The maximum Gasteiger partial charge on any atom is 0.257 e. The second-order valence-corrected chi connectivity index (χ2v) is 24.1. The van der Waals surface area contributed by atoms with Crippen molar-refractivity contribution in [2.75, 3.05) is 9.80 Å². The second kappa shape index (κ2) is 12.7. The Hall–Kier alpha value is -4.70. The van der Waals surface area contributed by atoms with Gasteiger partial charge in [0.1, 0.15) is 5.58 Å². The molecule has 0 radical (unpaired) electrons. The molecule has 3 nitrogen and oxygen atoms in total. The Morgan fingerprint density at radius 1 is 0.492 bits per heavy atom. The Bertz CT molecular complexity index is 2780. The molecule has 0 saturated carbocycles. The zero-order chi connectivity index (χ0) is 43.6. The van der Waals surface area contributed by atoms with Crippen LogP contribution in [0.2, 0.25) is 0 Å². The first-order chi connectivity index (χ1) is 28.4. The van der Waals surface area contributed by atoms with Crippen LogP contribution < -0.4 is 26.2 Å². The van der Waals surface area contributed by atoms with Crippen LogP contribution in [0.4, 0.5) is 34.3 Å². The summed E-state index contributed by atoms with van der Waals surface area (Å²) in [5.41, 5.74) is 21.3. The lowest BCUT2D eigenvalue weighted by molar-refractivity contribution is 0.332. The number of fused-ring (bicyclic) bond motifs is 8. The molecule has 314 valence electrons. The topological polar surface area (TPSA) is 19.6 Å². The highest BCUT2D eigenvalue weighted by atomic mass is 16.4. The number of hydrogen-bond acceptors (Lipinski definition) is 3. The lowest BCUT2D eigenvalue weighted by atomic mass is 9.33. The molecule has 4 aliphatic rings. The summed E-state index contributed by atoms with van der Waals surface area (Å²) >= 11 is 0. The van der Waals surface area contributed by atoms with Gasteiger partial charge in [0.2, 0.25) is 5.88 Å². The van der Waals surface area contributed by atoms with Crippen LogP contribution in [-0.4, -0.2) is 6.71 Å². The highest BCUT2D eigenvalue weighted by Crippen LogP contribution is 2.53. The van der Waals surface area contributed by atoms with E-state index in [1.54, 1.807) is 0 Å². The third-order valence-corrected chi connectivity index (χ3v) is 15.8. The van der Waals surface area contributed by atoms with Gasteiger partial charge in [-0.05, 0) is 170 Å². The van der Waals surface area contributed by atoms with E-state index in [9.17, 15) is 0 Å². The van der Waals surface area contributed by atoms with E-state index in [0.29, 0.717) is 0 Å². The average Bonchev–Trinajstić information content (AvgIpc) is 3.55. The molecule has 1 aromatic heterocycles. The van der Waals surface area contributed by atoms with Crippen molar-refractivity contribution >= 4 is 68.4 Å². The Labute approximate surface area is 367 Å². The molecule has 0 unspecified atom stereocenters. The average molecular weight is 807 g/mol. The monoisotopic (exact) mass is 807 g/mol. The van der Waals surface area contributed by atoms with Gasteiger partial charge in [-0.3, -0.25) is 4.90 Å². The van der Waals surface area contributed by atoms with Gasteiger partial charge in [-0.2, -0.15) is 0 Å². The minimum absolute atomic E-state index is 0.0176. The summed E-state index contributed by atoms with van der Waals surface area (Å²) in [6.07, 6.45) is 4.68. The van der Waals surface area contributed by atoms with E-state index in [2.05, 4.69) is 199 Å². The van der Waals surface area contributed by atoms with E-state index >= 15 is 0 Å². The number of hydrogen-bond donors (Lipinski definition) is 0. The molecular formula is C57H67BN2O. The number of benzene rings is 5. The van der Waals surface area contributed by atoms with Gasteiger partial charge in [0, 0.05) is 39.3 Å². The largest absolute Gasteiger partial charge is 0.440 e. The molecule has 2 aliphatic heterocycles. The molecule has 0 atom stereocenters. The normalized spacial score (nSPS) is 19.2. The fourth-order valence-electron chi connectivity index (χ4n) is 11.5. The van der Waals surface area contributed by atoms with E-state index in [1.165, 1.54) is 109 Å². The van der Waals surface area contributed by atoms with Crippen molar-refractivity contribution in [3.05, 3.63) is 124 Å². The van der Waals surface area contributed by atoms with Crippen LogP contribution in [0, 0.1) is 6.92 Å². The number of rotatable bonds is 2. The molecular weight excluding hydrogens is 739 g/mol. The number of nitrogens with zero attached hydrogens (tertiary/aromatic N) is 2. The third kappa shape index (κ3) is 6.04. The highest BCUT2D eigenvalue weighted by molar-refractivity contribution is 7.01. The van der Waals surface area contributed by atoms with Gasteiger partial charge in [0.05, 0.1) is 0 Å². The van der Waals surface area contributed by atoms with Crippen LogP contribution in [0.25, 0.3) is 11.0 Å². The molecule has 0 fully saturated rings. The predicted molar refractivity (Wildman–Crippen MR) is 263 cm³/mol. The van der Waals surface area contributed by atoms with Crippen molar-refractivity contribution < 1.29 is 4.42 Å². The standard InChI is InChI=1S/C57H67BN2O/c1-34-28-46-50-47(29-34)60(38-22-18-36(19-23-38)53(5,6)7)51-49(39-30-40-43(33-48(39)61-51)57(14,15)27-24-54(40,8)9)58(50)44-31-41-42(56(12,13)26-25-55(41,10)11)32-45(44)59(46)37-20-16-35(17-21-37)52(2,3)4/h16-23,28-33H,24-27H2,1-15H3. The summed E-state index contributed by atoms with van der Waals surface area (Å²) in [6.45, 7) is 35.7. The number of anilines is 6. The van der Waals surface area contributed by atoms with Gasteiger partial charge in [-0.15, -0.1) is 0 Å². The van der Waals surface area contributed by atoms with Gasteiger partial charge >= 0.3 is 0 Å². The Morgan fingerprint density at radius 3 is 1.41 bits per heavy atom. The van der Waals surface area contributed by atoms with E-state index in [1.807, 2.05) is 0 Å². The molecule has 2 aliphatic carbocycles. The molecule has 0 amide bonds. The van der Waals surface area contributed by atoms with Crippen molar-refractivity contribution in [1.82, 2.24) is 0 Å². The quantitative estimate of drug-likeness (QED) is 0.162. The van der Waals surface area contributed by atoms with Crippen LogP contribution in [0.15, 0.2) is 89.3 Å². The van der Waals surface area contributed by atoms with Crippen molar-refractivity contribution in [3.8, 4) is 0 Å². The molecule has 0 bridgehead atoms. The smallest absolute Gasteiger partial charge is 0.257 e. The maximum absolute atomic E-state index is 7.45. The van der Waals surface area contributed by atoms with Gasteiger partial charge in [-0.25, -0.2) is 0 Å². The molecule has 3 heterocycles. The first kappa shape index (κ1) is 40.4. The van der Waals surface area contributed by atoms with E-state index in [-0.39, 0.29) is 39.2 Å². The van der Waals surface area contributed by atoms with Crippen LogP contribution in [0.1, 0.15) is 162 Å². The lowest BCUT2D eigenvalue weighted by Gasteiger charge is -2.46. The summed E-state index contributed by atoms with van der Waals surface area (Å²) in [4.78, 5) is 5.08. The Balaban J connectivity index is 1.34. The summed E-state index contributed by atoms with van der Waals surface area (Å²) in [7, 11) is 0. The third-order valence-electron chi connectivity index (χ3n) is 15.8. The lowest BCUT2D eigenvalue weighted by Crippen LogP contribution is -2.61. The summed E-state index contributed by atoms with van der Waals surface area (Å²) in [5, 5.41) is 1.25. The maximum atomic E-state index is 7.45. The van der Waals surface area contributed by atoms with Crippen molar-refractivity contribution in [3.63, 3.8) is 0 Å². The molecule has 10 rings (SSSR count). The second-order valence-electron chi connectivity index (χ2n) is 24.1. The highest BCUT2D eigenvalue weighted by Gasteiger charge is 2.49. The molecule has 5 aromatic carbocycles. The molecule has 61 heavy (non-hydrogen) atoms. The number of furan rings is 1. The summed E-state index contributed by atoms with van der Waals surface area (Å²) in [6, 6.07) is 33.9. The van der Waals surface area contributed by atoms with E-state index in [0.717, 1.165) is 17.2 Å². The zero-order valence-corrected chi connectivity index (χ0v) is 39.8. The van der Waals surface area contributed by atoms with E-state index in [4.69, 9.17) is 4.42 Å². The zero-order valence-electron chi connectivity index (χ0n) is 39.8. The van der Waals surface area contributed by atoms with Crippen LogP contribution in [-0.2, 0) is 32.5 Å². The summed E-state index contributed by atoms with van der Waals surface area (Å²) < 4.78 is 7.45. The fourth-order valence-corrected chi connectivity index (χ4v) is 11.5. The predicted octanol–water partition coefficient (Wildman–Crippen LogP) is 14.1. The van der Waals surface area contributed by atoms with Gasteiger partial charge in [0.15, 0.2) is 0 Å². The molecule has 0 saturated heterocycles. The van der Waals surface area contributed by atoms with Gasteiger partial charge in [-0.1, -0.05) is 127 Å². The van der Waals surface area contributed by atoms with Gasteiger partial charge < -0.3 is 9.32 Å². The van der Waals surface area contributed by atoms with Gasteiger partial charge in [0.25, 0.3) is 6.71 Å². The van der Waals surface area contributed by atoms with Crippen LogP contribution in [0.3, 0.4) is 0 Å². The SMILES string of the molecule is Cc1cc2c3c(c1)N(c1ccc(C(C)(C)C)cc1)c1oc4cc5c(cc4c1B3c1cc3c(cc1N2c1ccc(C(C)(C)C)cc1)C(C)(C)CCC3(C)C)C(C)(C)CCC5(C)C. The van der Waals surface area contributed by atoms with Crippen molar-refractivity contribution in [2.45, 2.75) is 162 Å². The van der Waals surface area contributed by atoms with E-state index < -0.39 is 0 Å². The fraction of sp³-hybridized carbons (Fsp3) is 0.439. The van der Waals surface area contributed by atoms with Crippen molar-refractivity contribution in [1.29, 1.82) is 0 Å². The first-order valence-electron chi connectivity index (χ1n) is 23.1. The van der Waals surface area contributed by atoms with Crippen molar-refractivity contribution in [2.24, 2.45) is 0 Å². The molecule has 0 N–H and O–H groups in total. The van der Waals surface area contributed by atoms with Crippen LogP contribution in [0.5, 0.6) is 0 Å². The first-order valence-corrected chi connectivity index (χ1v) is 23.1. The summed E-state index contributed by atoms with van der Waals surface area (Å²) in [5.74, 6) is 0.955. The molecule has 0 spiro atoms.